The average molecular weight is 301 g/mol. The Balaban J connectivity index is 2.21. The number of rotatable bonds is 5. The van der Waals surface area contributed by atoms with E-state index in [0.29, 0.717) is 12.0 Å². The summed E-state index contributed by atoms with van der Waals surface area (Å²) in [7, 11) is 1.71. The van der Waals surface area contributed by atoms with E-state index in [1.165, 1.54) is 6.42 Å². The number of hydrazine groups is 1. The van der Waals surface area contributed by atoms with E-state index in [1.54, 1.807) is 25.3 Å². The fourth-order valence-electron chi connectivity index (χ4n) is 3.17. The molecule has 1 saturated carbocycles. The first kappa shape index (κ1) is 15.7. The van der Waals surface area contributed by atoms with Crippen LogP contribution in [0.25, 0.3) is 0 Å². The molecule has 3 nitrogen and oxygen atoms in total. The van der Waals surface area contributed by atoms with Crippen molar-refractivity contribution in [2.45, 2.75) is 50.2 Å². The van der Waals surface area contributed by atoms with Gasteiger partial charge in [0.15, 0.2) is 0 Å². The average Bonchev–Trinajstić information content (AvgIpc) is 2.49. The minimum absolute atomic E-state index is 0.124. The van der Waals surface area contributed by atoms with E-state index < -0.39 is 0 Å². The molecule has 1 unspecified atom stereocenters. The summed E-state index contributed by atoms with van der Waals surface area (Å²) in [4.78, 5) is 0. The van der Waals surface area contributed by atoms with Gasteiger partial charge in [-0.2, -0.15) is 0 Å². The van der Waals surface area contributed by atoms with Crippen molar-refractivity contribution in [3.8, 4) is 0 Å². The summed E-state index contributed by atoms with van der Waals surface area (Å²) in [6.07, 6.45) is 5.81. The molecule has 1 aromatic rings. The van der Waals surface area contributed by atoms with Crippen LogP contribution < -0.4 is 11.3 Å². The second kappa shape index (κ2) is 6.85. The van der Waals surface area contributed by atoms with Crippen molar-refractivity contribution in [2.75, 3.05) is 7.11 Å². The van der Waals surface area contributed by atoms with Gasteiger partial charge in [0, 0.05) is 7.11 Å². The molecule has 1 aliphatic carbocycles. The Hall–Kier alpha value is -0.680. The fraction of sp³-hybridized carbons (Fsp3) is 0.600. The van der Waals surface area contributed by atoms with Crippen LogP contribution in [0.1, 0.15) is 37.7 Å². The van der Waals surface area contributed by atoms with Crippen LogP contribution in [-0.2, 0) is 11.2 Å². The van der Waals surface area contributed by atoms with Crippen LogP contribution in [0.4, 0.5) is 4.39 Å². The lowest BCUT2D eigenvalue weighted by Gasteiger charge is -2.42. The zero-order valence-corrected chi connectivity index (χ0v) is 12.5. The summed E-state index contributed by atoms with van der Waals surface area (Å²) in [5.74, 6) is 5.35. The molecule has 0 aromatic heterocycles. The van der Waals surface area contributed by atoms with Gasteiger partial charge in [0.2, 0.25) is 0 Å². The molecule has 5 heteroatoms. The number of hydrogen-bond donors (Lipinski definition) is 2. The van der Waals surface area contributed by atoms with Crippen molar-refractivity contribution in [1.82, 2.24) is 5.43 Å². The zero-order valence-electron chi connectivity index (χ0n) is 11.8. The van der Waals surface area contributed by atoms with E-state index in [9.17, 15) is 4.39 Å². The molecular weight excluding hydrogens is 279 g/mol. The predicted molar refractivity (Wildman–Crippen MR) is 79.1 cm³/mol. The highest BCUT2D eigenvalue weighted by Gasteiger charge is 2.39. The van der Waals surface area contributed by atoms with Crippen LogP contribution in [-0.4, -0.2) is 18.8 Å². The van der Waals surface area contributed by atoms with Crippen molar-refractivity contribution in [1.29, 1.82) is 0 Å². The third kappa shape index (κ3) is 3.14. The number of benzene rings is 1. The van der Waals surface area contributed by atoms with Crippen LogP contribution in [0.3, 0.4) is 0 Å². The third-order valence-corrected chi connectivity index (χ3v) is 4.69. The van der Waals surface area contributed by atoms with E-state index in [0.717, 1.165) is 25.7 Å². The number of halogens is 2. The minimum atomic E-state index is -0.364. The summed E-state index contributed by atoms with van der Waals surface area (Å²) in [6, 6.07) is 4.94. The highest BCUT2D eigenvalue weighted by Crippen LogP contribution is 2.35. The first-order valence-corrected chi connectivity index (χ1v) is 7.45. The summed E-state index contributed by atoms with van der Waals surface area (Å²) in [5.41, 5.74) is 3.08. The SMILES string of the molecule is COC1(C(Cc2cccc(Cl)c2F)NN)CCCCC1. The van der Waals surface area contributed by atoms with E-state index in [1.807, 2.05) is 0 Å². The highest BCUT2D eigenvalue weighted by atomic mass is 35.5. The van der Waals surface area contributed by atoms with Crippen LogP contribution in [0.2, 0.25) is 5.02 Å². The van der Waals surface area contributed by atoms with Gasteiger partial charge >= 0.3 is 0 Å². The van der Waals surface area contributed by atoms with Gasteiger partial charge in [0.05, 0.1) is 16.7 Å². The molecule has 0 amide bonds. The normalized spacial score (nSPS) is 19.8. The smallest absolute Gasteiger partial charge is 0.145 e. The Kier molecular flexibility index (Phi) is 5.38. The molecule has 0 aliphatic heterocycles. The molecule has 112 valence electrons. The lowest BCUT2D eigenvalue weighted by molar-refractivity contribution is -0.0675. The van der Waals surface area contributed by atoms with E-state index in [4.69, 9.17) is 22.2 Å². The van der Waals surface area contributed by atoms with Gasteiger partial charge < -0.3 is 4.74 Å². The Bertz CT molecular complexity index is 449. The summed E-state index contributed by atoms with van der Waals surface area (Å²) in [5, 5.41) is 0.147. The fourth-order valence-corrected chi connectivity index (χ4v) is 3.36. The van der Waals surface area contributed by atoms with E-state index in [2.05, 4.69) is 5.43 Å². The lowest BCUT2D eigenvalue weighted by atomic mass is 9.77. The van der Waals surface area contributed by atoms with Crippen LogP contribution in [0.5, 0.6) is 0 Å². The van der Waals surface area contributed by atoms with Gasteiger partial charge in [-0.25, -0.2) is 4.39 Å². The first-order chi connectivity index (χ1) is 9.63. The van der Waals surface area contributed by atoms with Crippen LogP contribution in [0.15, 0.2) is 18.2 Å². The molecule has 0 bridgehead atoms. The number of hydrogen-bond acceptors (Lipinski definition) is 3. The largest absolute Gasteiger partial charge is 0.377 e. The third-order valence-electron chi connectivity index (χ3n) is 4.40. The van der Waals surface area contributed by atoms with Gasteiger partial charge in [-0.3, -0.25) is 11.3 Å². The molecule has 0 radical (unpaired) electrons. The van der Waals surface area contributed by atoms with Gasteiger partial charge in [-0.1, -0.05) is 43.0 Å². The standard InChI is InChI=1S/C15H22ClFN2O/c1-20-15(8-3-2-4-9-15)13(19-18)10-11-6-5-7-12(16)14(11)17/h5-7,13,19H,2-4,8-10,18H2,1H3. The maximum atomic E-state index is 14.1. The van der Waals surface area contributed by atoms with Crippen molar-refractivity contribution in [2.24, 2.45) is 5.84 Å². The molecule has 0 heterocycles. The molecule has 1 aromatic carbocycles. The monoisotopic (exact) mass is 300 g/mol. The maximum absolute atomic E-state index is 14.1. The molecule has 0 saturated heterocycles. The minimum Gasteiger partial charge on any atom is -0.377 e. The van der Waals surface area contributed by atoms with Crippen molar-refractivity contribution in [3.63, 3.8) is 0 Å². The number of ether oxygens (including phenoxy) is 1. The maximum Gasteiger partial charge on any atom is 0.145 e. The number of nitrogens with one attached hydrogen (secondary N) is 1. The predicted octanol–water partition coefficient (Wildman–Crippen LogP) is 3.20. The number of nitrogens with two attached hydrogens (primary N) is 1. The van der Waals surface area contributed by atoms with Crippen molar-refractivity contribution >= 4 is 11.6 Å². The summed E-state index contributed by atoms with van der Waals surface area (Å²) >= 11 is 5.84. The van der Waals surface area contributed by atoms with Crippen molar-refractivity contribution < 1.29 is 9.13 Å². The molecule has 1 fully saturated rings. The quantitative estimate of drug-likeness (QED) is 0.648. The van der Waals surface area contributed by atoms with Gasteiger partial charge in [0.25, 0.3) is 0 Å². The molecule has 3 N–H and O–H groups in total. The Morgan fingerprint density at radius 3 is 2.70 bits per heavy atom. The van der Waals surface area contributed by atoms with Gasteiger partial charge in [-0.05, 0) is 30.9 Å². The van der Waals surface area contributed by atoms with Crippen molar-refractivity contribution in [3.05, 3.63) is 34.6 Å². The Labute approximate surface area is 124 Å². The van der Waals surface area contributed by atoms with Crippen LogP contribution >= 0.6 is 11.6 Å². The van der Waals surface area contributed by atoms with Gasteiger partial charge in [-0.15, -0.1) is 0 Å². The molecule has 1 aliphatic rings. The lowest BCUT2D eigenvalue weighted by Crippen LogP contribution is -2.56. The topological polar surface area (TPSA) is 47.3 Å². The number of methoxy groups -OCH3 is 1. The summed E-state index contributed by atoms with van der Waals surface area (Å²) in [6.45, 7) is 0. The van der Waals surface area contributed by atoms with E-state index >= 15 is 0 Å². The molecule has 2 rings (SSSR count). The Morgan fingerprint density at radius 2 is 2.10 bits per heavy atom. The first-order valence-electron chi connectivity index (χ1n) is 7.07. The molecule has 20 heavy (non-hydrogen) atoms. The zero-order chi connectivity index (χ0) is 14.6. The molecular formula is C15H22ClFN2O. The molecule has 1 atom stereocenters. The Morgan fingerprint density at radius 1 is 1.40 bits per heavy atom. The second-order valence-electron chi connectivity index (χ2n) is 5.47. The second-order valence-corrected chi connectivity index (χ2v) is 5.87. The molecule has 0 spiro atoms. The highest BCUT2D eigenvalue weighted by molar-refractivity contribution is 6.30. The van der Waals surface area contributed by atoms with E-state index in [-0.39, 0.29) is 22.5 Å². The van der Waals surface area contributed by atoms with Crippen LogP contribution in [0, 0.1) is 5.82 Å². The van der Waals surface area contributed by atoms with Gasteiger partial charge in [0.1, 0.15) is 5.82 Å². The summed E-state index contributed by atoms with van der Waals surface area (Å²) < 4.78 is 19.8.